The first-order valence-corrected chi connectivity index (χ1v) is 9.05. The van der Waals surface area contributed by atoms with Gasteiger partial charge < -0.3 is 20.1 Å². The van der Waals surface area contributed by atoms with E-state index < -0.39 is 0 Å². The van der Waals surface area contributed by atoms with E-state index in [4.69, 9.17) is 9.47 Å². The van der Waals surface area contributed by atoms with Crippen LogP contribution in [0.3, 0.4) is 0 Å². The van der Waals surface area contributed by atoms with Gasteiger partial charge in [0.05, 0.1) is 13.7 Å². The van der Waals surface area contributed by atoms with E-state index in [0.29, 0.717) is 25.6 Å². The Morgan fingerprint density at radius 3 is 2.39 bits per heavy atom. The fourth-order valence-electron chi connectivity index (χ4n) is 2.53. The van der Waals surface area contributed by atoms with Gasteiger partial charge in [-0.15, -0.1) is 0 Å². The van der Waals surface area contributed by atoms with Gasteiger partial charge in [-0.1, -0.05) is 12.1 Å². The molecule has 2 N–H and O–H groups in total. The van der Waals surface area contributed by atoms with E-state index >= 15 is 0 Å². The van der Waals surface area contributed by atoms with Crippen molar-refractivity contribution in [3.8, 4) is 11.5 Å². The molecule has 0 saturated carbocycles. The van der Waals surface area contributed by atoms with Gasteiger partial charge in [0.15, 0.2) is 0 Å². The third-order valence-corrected chi connectivity index (χ3v) is 4.00. The average Bonchev–Trinajstić information content (AvgIpc) is 2.73. The number of hydrogen-bond acceptors (Lipinski definition) is 6. The van der Waals surface area contributed by atoms with Crippen molar-refractivity contribution in [1.29, 1.82) is 0 Å². The second-order valence-corrected chi connectivity index (χ2v) is 6.02. The molecular weight excluding hydrogens is 359 g/mol. The van der Waals surface area contributed by atoms with Crippen molar-refractivity contribution in [1.82, 2.24) is 9.97 Å². The third-order valence-electron chi connectivity index (χ3n) is 4.00. The zero-order valence-electron chi connectivity index (χ0n) is 15.7. The number of ether oxygens (including phenoxy) is 2. The third kappa shape index (κ3) is 6.12. The number of hydrogen-bond donors (Lipinski definition) is 2. The maximum atomic E-state index is 12.9. The second-order valence-electron chi connectivity index (χ2n) is 6.02. The van der Waals surface area contributed by atoms with Crippen molar-refractivity contribution in [2.24, 2.45) is 0 Å². The molecular formula is C21H23FN4O2. The molecule has 0 unspecified atom stereocenters. The van der Waals surface area contributed by atoms with Gasteiger partial charge in [-0.05, 0) is 54.4 Å². The normalized spacial score (nSPS) is 10.4. The molecule has 28 heavy (non-hydrogen) atoms. The van der Waals surface area contributed by atoms with E-state index in [2.05, 4.69) is 20.6 Å². The van der Waals surface area contributed by atoms with Crippen molar-refractivity contribution in [3.63, 3.8) is 0 Å². The van der Waals surface area contributed by atoms with Gasteiger partial charge in [-0.2, -0.15) is 4.98 Å². The first kappa shape index (κ1) is 19.4. The average molecular weight is 382 g/mol. The van der Waals surface area contributed by atoms with Crippen LogP contribution in [0.25, 0.3) is 0 Å². The minimum absolute atomic E-state index is 0.227. The van der Waals surface area contributed by atoms with Gasteiger partial charge in [0.1, 0.15) is 29.7 Å². The first-order valence-electron chi connectivity index (χ1n) is 9.05. The van der Waals surface area contributed by atoms with Gasteiger partial charge in [0, 0.05) is 12.7 Å². The predicted octanol–water partition coefficient (Wildman–Crippen LogP) is 3.77. The highest BCUT2D eigenvalue weighted by atomic mass is 19.1. The van der Waals surface area contributed by atoms with Gasteiger partial charge in [0.2, 0.25) is 5.95 Å². The molecule has 2 aromatic carbocycles. The monoisotopic (exact) mass is 382 g/mol. The van der Waals surface area contributed by atoms with E-state index in [1.807, 2.05) is 24.3 Å². The second kappa shape index (κ2) is 10.1. The molecule has 0 saturated heterocycles. The van der Waals surface area contributed by atoms with Gasteiger partial charge >= 0.3 is 0 Å². The lowest BCUT2D eigenvalue weighted by Crippen LogP contribution is -2.14. The van der Waals surface area contributed by atoms with Crippen LogP contribution >= 0.6 is 0 Å². The minimum atomic E-state index is -0.227. The molecule has 0 amide bonds. The van der Waals surface area contributed by atoms with E-state index in [0.717, 1.165) is 29.3 Å². The van der Waals surface area contributed by atoms with Crippen LogP contribution in [-0.4, -0.2) is 36.8 Å². The van der Waals surface area contributed by atoms with E-state index in [-0.39, 0.29) is 5.82 Å². The summed E-state index contributed by atoms with van der Waals surface area (Å²) in [6.45, 7) is 1.78. The number of nitrogens with zero attached hydrogens (tertiary/aromatic N) is 2. The predicted molar refractivity (Wildman–Crippen MR) is 108 cm³/mol. The van der Waals surface area contributed by atoms with Gasteiger partial charge in [-0.3, -0.25) is 0 Å². The molecule has 0 fully saturated rings. The lowest BCUT2D eigenvalue weighted by Gasteiger charge is -2.10. The van der Waals surface area contributed by atoms with Crippen molar-refractivity contribution in [2.45, 2.75) is 6.42 Å². The first-order chi connectivity index (χ1) is 13.7. The van der Waals surface area contributed by atoms with Crippen LogP contribution in [-0.2, 0) is 6.42 Å². The molecule has 0 aliphatic rings. The molecule has 1 heterocycles. The fraction of sp³-hybridized carbons (Fsp3) is 0.238. The Labute approximate surface area is 163 Å². The van der Waals surface area contributed by atoms with Gasteiger partial charge in [-0.25, -0.2) is 9.37 Å². The summed E-state index contributed by atoms with van der Waals surface area (Å²) in [6.07, 6.45) is 2.46. The Balaban J connectivity index is 1.39. The summed E-state index contributed by atoms with van der Waals surface area (Å²) in [4.78, 5) is 8.63. The molecule has 6 nitrogen and oxygen atoms in total. The number of aromatic nitrogens is 2. The number of halogens is 1. The van der Waals surface area contributed by atoms with Crippen LogP contribution in [0.15, 0.2) is 60.8 Å². The van der Waals surface area contributed by atoms with Gasteiger partial charge in [0.25, 0.3) is 0 Å². The number of anilines is 2. The highest BCUT2D eigenvalue weighted by Gasteiger charge is 2.00. The number of benzene rings is 2. The topological polar surface area (TPSA) is 68.3 Å². The van der Waals surface area contributed by atoms with Crippen molar-refractivity contribution >= 4 is 11.8 Å². The standard InChI is InChI=1S/C21H23FN4O2/c1-27-18-6-8-19(9-7-18)28-15-14-23-20-11-13-25-21(26-20)24-12-10-16-2-4-17(22)5-3-16/h2-9,11,13H,10,12,14-15H2,1H3,(H2,23,24,25,26). The Kier molecular flexibility index (Phi) is 7.01. The molecule has 3 rings (SSSR count). The molecule has 0 bridgehead atoms. The molecule has 146 valence electrons. The van der Waals surface area contributed by atoms with E-state index in [1.165, 1.54) is 12.1 Å². The highest BCUT2D eigenvalue weighted by Crippen LogP contribution is 2.16. The highest BCUT2D eigenvalue weighted by molar-refractivity contribution is 5.39. The SMILES string of the molecule is COc1ccc(OCCNc2ccnc(NCCc3ccc(F)cc3)n2)cc1. The zero-order valence-corrected chi connectivity index (χ0v) is 15.7. The summed E-state index contributed by atoms with van der Waals surface area (Å²) in [6, 6.07) is 15.7. The van der Waals surface area contributed by atoms with E-state index in [9.17, 15) is 4.39 Å². The number of rotatable bonds is 10. The Morgan fingerprint density at radius 2 is 1.64 bits per heavy atom. The molecule has 1 aromatic heterocycles. The van der Waals surface area contributed by atoms with Crippen LogP contribution in [0.2, 0.25) is 0 Å². The van der Waals surface area contributed by atoms with Crippen LogP contribution in [0.4, 0.5) is 16.2 Å². The van der Waals surface area contributed by atoms with Crippen molar-refractivity contribution in [2.75, 3.05) is 37.4 Å². The summed E-state index contributed by atoms with van der Waals surface area (Å²) in [5.74, 6) is 2.62. The molecule has 0 spiro atoms. The maximum Gasteiger partial charge on any atom is 0.224 e. The zero-order chi connectivity index (χ0) is 19.6. The fourth-order valence-corrected chi connectivity index (χ4v) is 2.53. The molecule has 3 aromatic rings. The quantitative estimate of drug-likeness (QED) is 0.520. The maximum absolute atomic E-state index is 12.9. The summed E-state index contributed by atoms with van der Waals surface area (Å²) in [5, 5.41) is 6.39. The van der Waals surface area contributed by atoms with Crippen molar-refractivity contribution in [3.05, 3.63) is 72.2 Å². The Hall–Kier alpha value is -3.35. The smallest absolute Gasteiger partial charge is 0.224 e. The summed E-state index contributed by atoms with van der Waals surface area (Å²) >= 11 is 0. The molecule has 0 atom stereocenters. The van der Waals surface area contributed by atoms with Crippen LogP contribution in [0, 0.1) is 5.82 Å². The molecule has 0 aliphatic carbocycles. The Morgan fingerprint density at radius 1 is 0.893 bits per heavy atom. The summed E-state index contributed by atoms with van der Waals surface area (Å²) < 4.78 is 23.7. The molecule has 7 heteroatoms. The van der Waals surface area contributed by atoms with E-state index in [1.54, 1.807) is 31.5 Å². The van der Waals surface area contributed by atoms with Crippen molar-refractivity contribution < 1.29 is 13.9 Å². The summed E-state index contributed by atoms with van der Waals surface area (Å²) in [7, 11) is 1.63. The molecule has 0 aliphatic heterocycles. The minimum Gasteiger partial charge on any atom is -0.497 e. The summed E-state index contributed by atoms with van der Waals surface area (Å²) in [5.41, 5.74) is 1.05. The Bertz CT molecular complexity index is 857. The number of methoxy groups -OCH3 is 1. The van der Waals surface area contributed by atoms with Crippen LogP contribution < -0.4 is 20.1 Å². The van der Waals surface area contributed by atoms with Crippen LogP contribution in [0.5, 0.6) is 11.5 Å². The molecule has 0 radical (unpaired) electrons. The largest absolute Gasteiger partial charge is 0.497 e. The lowest BCUT2D eigenvalue weighted by molar-refractivity contribution is 0.331. The lowest BCUT2D eigenvalue weighted by atomic mass is 10.1. The number of nitrogens with one attached hydrogen (secondary N) is 2. The van der Waals surface area contributed by atoms with Crippen LogP contribution in [0.1, 0.15) is 5.56 Å².